The molecule has 13 heteroatoms. The average Bonchev–Trinajstić information content (AvgIpc) is 3.05. The molecule has 0 spiro atoms. The van der Waals surface area contributed by atoms with E-state index in [9.17, 15) is 39.6 Å². The molecule has 3 rings (SSSR count). The van der Waals surface area contributed by atoms with Crippen molar-refractivity contribution in [1.29, 1.82) is 0 Å². The number of aliphatic hydroxyl groups excluding tert-OH is 2. The highest BCUT2D eigenvalue weighted by atomic mass is 16.7. The first-order chi connectivity index (χ1) is 17.0. The third-order valence-electron chi connectivity index (χ3n) is 5.88. The Morgan fingerprint density at radius 1 is 1.31 bits per heavy atom. The summed E-state index contributed by atoms with van der Waals surface area (Å²) in [5.74, 6) is -3.59. The van der Waals surface area contributed by atoms with Gasteiger partial charge < -0.3 is 40.0 Å². The Morgan fingerprint density at radius 2 is 2.00 bits per heavy atom. The van der Waals surface area contributed by atoms with Gasteiger partial charge in [-0.3, -0.25) is 19.3 Å². The Labute approximate surface area is 205 Å². The molecule has 2 heterocycles. The second kappa shape index (κ2) is 10.8. The van der Waals surface area contributed by atoms with E-state index in [1.807, 2.05) is 0 Å². The molecule has 5 N–H and O–H groups in total. The maximum atomic E-state index is 12.3. The van der Waals surface area contributed by atoms with Crippen LogP contribution in [0.2, 0.25) is 0 Å². The molecule has 2 aliphatic heterocycles. The highest BCUT2D eigenvalue weighted by Crippen LogP contribution is 2.35. The fraction of sp³-hybridized carbons (Fsp3) is 0.478. The zero-order chi connectivity index (χ0) is 26.6. The molecule has 2 fully saturated rings. The van der Waals surface area contributed by atoms with Crippen LogP contribution in [-0.4, -0.2) is 88.2 Å². The van der Waals surface area contributed by atoms with E-state index < -0.39 is 61.0 Å². The van der Waals surface area contributed by atoms with E-state index in [0.717, 1.165) is 6.92 Å². The first-order valence-electron chi connectivity index (χ1n) is 11.0. The number of esters is 1. The normalized spacial score (nSPS) is 25.7. The second-order valence-corrected chi connectivity index (χ2v) is 8.26. The number of hydrogen-bond donors (Lipinski definition) is 5. The third-order valence-corrected chi connectivity index (χ3v) is 5.88. The first-order valence-corrected chi connectivity index (χ1v) is 11.0. The summed E-state index contributed by atoms with van der Waals surface area (Å²) in [5, 5.41) is 41.6. The van der Waals surface area contributed by atoms with Crippen molar-refractivity contribution < 1.29 is 53.8 Å². The smallest absolute Gasteiger partial charge is 0.321 e. The largest absolute Gasteiger partial charge is 0.490 e. The van der Waals surface area contributed by atoms with Gasteiger partial charge in [0.15, 0.2) is 18.3 Å². The second-order valence-electron chi connectivity index (χ2n) is 8.26. The number of benzene rings is 1. The lowest BCUT2D eigenvalue weighted by atomic mass is 9.93. The van der Waals surface area contributed by atoms with Gasteiger partial charge in [-0.25, -0.2) is 4.79 Å². The van der Waals surface area contributed by atoms with Crippen LogP contribution in [0.15, 0.2) is 18.2 Å². The van der Waals surface area contributed by atoms with Crippen LogP contribution in [0, 0.1) is 18.3 Å². The van der Waals surface area contributed by atoms with Crippen molar-refractivity contribution in [3.63, 3.8) is 0 Å². The number of urea groups is 1. The Bertz CT molecular complexity index is 1070. The van der Waals surface area contributed by atoms with Crippen LogP contribution < -0.4 is 15.0 Å². The van der Waals surface area contributed by atoms with E-state index in [2.05, 4.69) is 11.2 Å². The molecule has 1 unspecified atom stereocenters. The number of rotatable bonds is 9. The molecule has 0 aliphatic carbocycles. The molecule has 0 radical (unpaired) electrons. The number of aliphatic hydroxyl groups is 2. The lowest BCUT2D eigenvalue weighted by molar-refractivity contribution is -0.163. The molecular weight excluding hydrogens is 480 g/mol. The summed E-state index contributed by atoms with van der Waals surface area (Å²) in [6, 6.07) is 4.02. The number of anilines is 1. The van der Waals surface area contributed by atoms with Gasteiger partial charge in [-0.1, -0.05) is 12.0 Å². The van der Waals surface area contributed by atoms with Gasteiger partial charge in [-0.15, -0.1) is 6.42 Å². The van der Waals surface area contributed by atoms with Crippen molar-refractivity contribution in [1.82, 2.24) is 5.32 Å². The average molecular weight is 506 g/mol. The van der Waals surface area contributed by atoms with Gasteiger partial charge >= 0.3 is 23.9 Å². The summed E-state index contributed by atoms with van der Waals surface area (Å²) in [5.41, 5.74) is -1.51. The van der Waals surface area contributed by atoms with Crippen LogP contribution in [-0.2, 0) is 30.3 Å². The van der Waals surface area contributed by atoms with Crippen molar-refractivity contribution in [2.45, 2.75) is 43.9 Å². The summed E-state index contributed by atoms with van der Waals surface area (Å²) < 4.78 is 16.2. The molecule has 4 atom stereocenters. The van der Waals surface area contributed by atoms with E-state index >= 15 is 0 Å². The summed E-state index contributed by atoms with van der Waals surface area (Å²) in [7, 11) is 0. The Kier molecular flexibility index (Phi) is 8.03. The summed E-state index contributed by atoms with van der Waals surface area (Å²) in [4.78, 5) is 48.2. The minimum atomic E-state index is -2.08. The molecule has 2 amide bonds. The van der Waals surface area contributed by atoms with Gasteiger partial charge in [-0.2, -0.15) is 0 Å². The molecule has 36 heavy (non-hydrogen) atoms. The number of carboxylic acid groups (broad SMARTS) is 2. The molecule has 0 saturated carbocycles. The molecule has 1 aromatic rings. The van der Waals surface area contributed by atoms with Gasteiger partial charge in [-0.05, 0) is 24.5 Å². The van der Waals surface area contributed by atoms with Crippen LogP contribution in [0.1, 0.15) is 18.9 Å². The Balaban J connectivity index is 1.95. The summed E-state index contributed by atoms with van der Waals surface area (Å²) in [6.07, 6.45) is 0.807. The zero-order valence-electron chi connectivity index (χ0n) is 19.2. The van der Waals surface area contributed by atoms with Crippen molar-refractivity contribution >= 4 is 29.6 Å². The molecule has 0 bridgehead atoms. The zero-order valence-corrected chi connectivity index (χ0v) is 19.2. The monoisotopic (exact) mass is 506 g/mol. The lowest BCUT2D eigenvalue weighted by Gasteiger charge is -2.31. The van der Waals surface area contributed by atoms with Gasteiger partial charge in [0.05, 0.1) is 0 Å². The van der Waals surface area contributed by atoms with E-state index in [1.54, 1.807) is 0 Å². The molecule has 194 valence electrons. The molecule has 13 nitrogen and oxygen atoms in total. The predicted octanol–water partition coefficient (Wildman–Crippen LogP) is -0.674. The number of hydrogen-bond acceptors (Lipinski definition) is 9. The molecule has 2 aliphatic rings. The van der Waals surface area contributed by atoms with Crippen LogP contribution in [0.4, 0.5) is 10.5 Å². The van der Waals surface area contributed by atoms with Gasteiger partial charge in [0, 0.05) is 31.8 Å². The quantitative estimate of drug-likeness (QED) is 0.162. The minimum absolute atomic E-state index is 0.00611. The number of amides is 2. The number of carbonyl (C=O) groups excluding carboxylic acids is 2. The van der Waals surface area contributed by atoms with E-state index in [0.29, 0.717) is 25.2 Å². The minimum Gasteiger partial charge on any atom is -0.490 e. The number of nitrogens with one attached hydrogen (secondary N) is 1. The predicted molar refractivity (Wildman–Crippen MR) is 120 cm³/mol. The van der Waals surface area contributed by atoms with Crippen LogP contribution >= 0.6 is 0 Å². The summed E-state index contributed by atoms with van der Waals surface area (Å²) >= 11 is 0. The lowest BCUT2D eigenvalue weighted by Crippen LogP contribution is -2.52. The van der Waals surface area contributed by atoms with E-state index in [1.165, 1.54) is 23.1 Å². The van der Waals surface area contributed by atoms with Crippen molar-refractivity contribution in [3.8, 4) is 18.1 Å². The number of aliphatic carboxylic acids is 2. The SMILES string of the molecule is C#C[C@@]1(OC(C)=O)[C@@H](COc2cc(N3CCCNC3=O)ccc2CC(C(=O)O)C(=O)O)OC(O)[C@@H]1O. The van der Waals surface area contributed by atoms with E-state index in [4.69, 9.17) is 20.6 Å². The molecule has 2 saturated heterocycles. The fourth-order valence-corrected chi connectivity index (χ4v) is 4.04. The van der Waals surface area contributed by atoms with Crippen LogP contribution in [0.3, 0.4) is 0 Å². The standard InChI is InChI=1S/C23H26N2O11/c1-3-23(36-12(2)26)17(35-21(32)18(23)27)11-34-16-10-14(25-8-4-7-24-22(25)33)6-5-13(16)9-15(19(28)29)20(30)31/h1,5-6,10,15,17-18,21,27,32H,4,7-9,11H2,2H3,(H,24,33)(H,28,29)(H,30,31)/t17-,18+,21?,23-/m1/s1. The van der Waals surface area contributed by atoms with Crippen molar-refractivity contribution in [2.24, 2.45) is 5.92 Å². The molecule has 1 aromatic carbocycles. The number of carboxylic acids is 2. The number of carbonyl (C=O) groups is 4. The van der Waals surface area contributed by atoms with Crippen molar-refractivity contribution in [3.05, 3.63) is 23.8 Å². The number of ether oxygens (including phenoxy) is 3. The van der Waals surface area contributed by atoms with Crippen LogP contribution in [0.5, 0.6) is 5.75 Å². The van der Waals surface area contributed by atoms with E-state index in [-0.39, 0.29) is 17.3 Å². The highest BCUT2D eigenvalue weighted by Gasteiger charge is 2.58. The van der Waals surface area contributed by atoms with Gasteiger partial charge in [0.1, 0.15) is 18.5 Å². The first kappa shape index (κ1) is 26.7. The Morgan fingerprint density at radius 3 is 2.58 bits per heavy atom. The van der Waals surface area contributed by atoms with Crippen molar-refractivity contribution in [2.75, 3.05) is 24.6 Å². The maximum Gasteiger partial charge on any atom is 0.321 e. The number of terminal acetylenes is 1. The van der Waals surface area contributed by atoms with Gasteiger partial charge in [0.25, 0.3) is 0 Å². The topological polar surface area (TPSA) is 192 Å². The van der Waals surface area contributed by atoms with Crippen LogP contribution in [0.25, 0.3) is 0 Å². The molecule has 0 aromatic heterocycles. The Hall–Kier alpha value is -3.86. The summed E-state index contributed by atoms with van der Waals surface area (Å²) in [6.45, 7) is 1.47. The molecular formula is C23H26N2O11. The number of nitrogens with zero attached hydrogens (tertiary/aromatic N) is 1. The van der Waals surface area contributed by atoms with Gasteiger partial charge in [0.2, 0.25) is 5.60 Å². The third kappa shape index (κ3) is 5.35. The maximum absolute atomic E-state index is 12.3. The highest BCUT2D eigenvalue weighted by molar-refractivity contribution is 5.94. The fourth-order valence-electron chi connectivity index (χ4n) is 4.04.